The molecule has 128 valence electrons. The van der Waals surface area contributed by atoms with Gasteiger partial charge in [0.25, 0.3) is 0 Å². The van der Waals surface area contributed by atoms with E-state index >= 15 is 0 Å². The molecule has 2 heterocycles. The van der Waals surface area contributed by atoms with Crippen molar-refractivity contribution >= 4 is 34.1 Å². The predicted molar refractivity (Wildman–Crippen MR) is 97.1 cm³/mol. The van der Waals surface area contributed by atoms with Crippen LogP contribution in [0.5, 0.6) is 0 Å². The van der Waals surface area contributed by atoms with E-state index in [1.54, 1.807) is 6.20 Å². The molecule has 2 N–H and O–H groups in total. The molecule has 0 radical (unpaired) electrons. The van der Waals surface area contributed by atoms with Gasteiger partial charge >= 0.3 is 6.03 Å². The van der Waals surface area contributed by atoms with Gasteiger partial charge in [-0.1, -0.05) is 23.7 Å². The molecule has 1 saturated heterocycles. The van der Waals surface area contributed by atoms with Crippen molar-refractivity contribution in [3.63, 3.8) is 0 Å². The zero-order valence-corrected chi connectivity index (χ0v) is 15.0. The Bertz CT molecular complexity index is 714. The lowest BCUT2D eigenvalue weighted by Gasteiger charge is -2.22. The molecule has 5 nitrogen and oxygen atoms in total. The second-order valence-electron chi connectivity index (χ2n) is 5.88. The Morgan fingerprint density at radius 1 is 1.42 bits per heavy atom. The molecule has 1 aliphatic rings. The minimum Gasteiger partial charge on any atom is -0.381 e. The molecule has 7 heteroatoms. The van der Waals surface area contributed by atoms with E-state index in [0.717, 1.165) is 40.3 Å². The number of benzene rings is 1. The summed E-state index contributed by atoms with van der Waals surface area (Å²) in [6.45, 7) is 3.38. The van der Waals surface area contributed by atoms with E-state index in [1.807, 2.05) is 19.1 Å². The minimum atomic E-state index is -0.207. The summed E-state index contributed by atoms with van der Waals surface area (Å²) < 4.78 is 5.28. The highest BCUT2D eigenvalue weighted by Crippen LogP contribution is 2.24. The first-order chi connectivity index (χ1) is 11.6. The molecule has 1 fully saturated rings. The van der Waals surface area contributed by atoms with Gasteiger partial charge in [0.2, 0.25) is 0 Å². The lowest BCUT2D eigenvalue weighted by atomic mass is 10.1. The number of aromatic nitrogens is 1. The van der Waals surface area contributed by atoms with Gasteiger partial charge in [0.15, 0.2) is 5.13 Å². The summed E-state index contributed by atoms with van der Waals surface area (Å²) in [5.41, 5.74) is 2.20. The number of rotatable bonds is 4. The fourth-order valence-corrected chi connectivity index (χ4v) is 3.60. The number of ether oxygens (including phenoxy) is 1. The molecular weight excluding hydrogens is 346 g/mol. The third-order valence-electron chi connectivity index (χ3n) is 3.95. The molecule has 1 aromatic carbocycles. The van der Waals surface area contributed by atoms with Crippen molar-refractivity contribution in [1.82, 2.24) is 10.3 Å². The minimum absolute atomic E-state index is 0.174. The first-order valence-corrected chi connectivity index (χ1v) is 9.14. The van der Waals surface area contributed by atoms with Crippen molar-refractivity contribution in [3.8, 4) is 0 Å². The molecular formula is C17H20ClN3O2S. The molecule has 0 spiro atoms. The first kappa shape index (κ1) is 17.2. The molecule has 0 bridgehead atoms. The SMILES string of the molecule is Cc1ccc(Cc2cnc(NC(=O)NC3CCOCC3)s2)cc1Cl. The fraction of sp³-hybridized carbons (Fsp3) is 0.412. The number of anilines is 1. The summed E-state index contributed by atoms with van der Waals surface area (Å²) in [6.07, 6.45) is 4.25. The summed E-state index contributed by atoms with van der Waals surface area (Å²) in [5.74, 6) is 0. The summed E-state index contributed by atoms with van der Waals surface area (Å²) in [7, 11) is 0. The zero-order valence-electron chi connectivity index (χ0n) is 13.5. The van der Waals surface area contributed by atoms with E-state index in [4.69, 9.17) is 16.3 Å². The van der Waals surface area contributed by atoms with Gasteiger partial charge < -0.3 is 10.1 Å². The van der Waals surface area contributed by atoms with Crippen LogP contribution in [0.3, 0.4) is 0 Å². The maximum Gasteiger partial charge on any atom is 0.321 e. The van der Waals surface area contributed by atoms with Crippen LogP contribution in [0, 0.1) is 6.92 Å². The van der Waals surface area contributed by atoms with Crippen LogP contribution in [0.4, 0.5) is 9.93 Å². The van der Waals surface area contributed by atoms with Crippen molar-refractivity contribution in [1.29, 1.82) is 0 Å². The number of aryl methyl sites for hydroxylation is 1. The number of amides is 2. The van der Waals surface area contributed by atoms with E-state index in [9.17, 15) is 4.79 Å². The van der Waals surface area contributed by atoms with Crippen molar-refractivity contribution in [2.24, 2.45) is 0 Å². The molecule has 0 saturated carbocycles. The smallest absolute Gasteiger partial charge is 0.321 e. The van der Waals surface area contributed by atoms with Gasteiger partial charge in [0.1, 0.15) is 0 Å². The molecule has 2 amide bonds. The number of hydrogen-bond acceptors (Lipinski definition) is 4. The number of thiazole rings is 1. The Kier molecular flexibility index (Phi) is 5.71. The molecule has 1 aromatic heterocycles. The van der Waals surface area contributed by atoms with Gasteiger partial charge in [0, 0.05) is 41.8 Å². The Balaban J connectivity index is 1.54. The highest BCUT2D eigenvalue weighted by atomic mass is 35.5. The molecule has 1 aliphatic heterocycles. The summed E-state index contributed by atoms with van der Waals surface area (Å²) in [4.78, 5) is 17.4. The number of nitrogens with one attached hydrogen (secondary N) is 2. The van der Waals surface area contributed by atoms with Crippen LogP contribution in [-0.4, -0.2) is 30.3 Å². The lowest BCUT2D eigenvalue weighted by Crippen LogP contribution is -2.41. The number of hydrogen-bond donors (Lipinski definition) is 2. The zero-order chi connectivity index (χ0) is 16.9. The van der Waals surface area contributed by atoms with Gasteiger partial charge in [-0.25, -0.2) is 9.78 Å². The maximum absolute atomic E-state index is 12.0. The van der Waals surface area contributed by atoms with Gasteiger partial charge in [-0.05, 0) is 37.0 Å². The van der Waals surface area contributed by atoms with Gasteiger partial charge in [-0.2, -0.15) is 0 Å². The van der Waals surface area contributed by atoms with Gasteiger partial charge in [-0.3, -0.25) is 5.32 Å². The van der Waals surface area contributed by atoms with Crippen molar-refractivity contribution in [3.05, 3.63) is 45.4 Å². The second-order valence-corrected chi connectivity index (χ2v) is 7.40. The van der Waals surface area contributed by atoms with Crippen LogP contribution in [0.15, 0.2) is 24.4 Å². The van der Waals surface area contributed by atoms with E-state index < -0.39 is 0 Å². The highest BCUT2D eigenvalue weighted by molar-refractivity contribution is 7.15. The molecule has 3 rings (SSSR count). The second kappa shape index (κ2) is 7.96. The Hall–Kier alpha value is -1.63. The van der Waals surface area contributed by atoms with Gasteiger partial charge in [0.05, 0.1) is 0 Å². The first-order valence-electron chi connectivity index (χ1n) is 7.95. The largest absolute Gasteiger partial charge is 0.381 e. The standard InChI is InChI=1S/C17H20ClN3O2S/c1-11-2-3-12(9-15(11)18)8-14-10-19-17(24-14)21-16(22)20-13-4-6-23-7-5-13/h2-3,9-10,13H,4-8H2,1H3,(H2,19,20,21,22). The Morgan fingerprint density at radius 2 is 2.21 bits per heavy atom. The number of carbonyl (C=O) groups excluding carboxylic acids is 1. The van der Waals surface area contributed by atoms with E-state index in [2.05, 4.69) is 21.7 Å². The van der Waals surface area contributed by atoms with Crippen LogP contribution in [0.1, 0.15) is 28.8 Å². The van der Waals surface area contributed by atoms with Crippen LogP contribution in [0.2, 0.25) is 5.02 Å². The average molecular weight is 366 g/mol. The van der Waals surface area contributed by atoms with E-state index in [0.29, 0.717) is 18.3 Å². The molecule has 0 unspecified atom stereocenters. The van der Waals surface area contributed by atoms with E-state index in [1.165, 1.54) is 11.3 Å². The van der Waals surface area contributed by atoms with Crippen molar-refractivity contribution < 1.29 is 9.53 Å². The Labute approximate surface area is 150 Å². The quantitative estimate of drug-likeness (QED) is 0.860. The molecule has 2 aromatic rings. The van der Waals surface area contributed by atoms with Crippen LogP contribution < -0.4 is 10.6 Å². The summed E-state index contributed by atoms with van der Waals surface area (Å²) in [5, 5.41) is 7.14. The predicted octanol–water partition coefficient (Wildman–Crippen LogP) is 4.00. The third-order valence-corrected chi connectivity index (χ3v) is 5.27. The fourth-order valence-electron chi connectivity index (χ4n) is 2.56. The number of nitrogens with zero attached hydrogens (tertiary/aromatic N) is 1. The number of carbonyl (C=O) groups is 1. The summed E-state index contributed by atoms with van der Waals surface area (Å²) in [6, 6.07) is 6.01. The average Bonchev–Trinajstić information content (AvgIpc) is 2.98. The van der Waals surface area contributed by atoms with E-state index in [-0.39, 0.29) is 12.1 Å². The Morgan fingerprint density at radius 3 is 2.96 bits per heavy atom. The number of urea groups is 1. The van der Waals surface area contributed by atoms with Crippen molar-refractivity contribution in [2.45, 2.75) is 32.2 Å². The summed E-state index contributed by atoms with van der Waals surface area (Å²) >= 11 is 7.64. The maximum atomic E-state index is 12.0. The van der Waals surface area contributed by atoms with Gasteiger partial charge in [-0.15, -0.1) is 11.3 Å². The number of halogens is 1. The highest BCUT2D eigenvalue weighted by Gasteiger charge is 2.16. The molecule has 0 atom stereocenters. The lowest BCUT2D eigenvalue weighted by molar-refractivity contribution is 0.0806. The van der Waals surface area contributed by atoms with Crippen LogP contribution >= 0.6 is 22.9 Å². The van der Waals surface area contributed by atoms with Crippen LogP contribution in [-0.2, 0) is 11.2 Å². The monoisotopic (exact) mass is 365 g/mol. The normalized spacial score (nSPS) is 15.2. The third kappa shape index (κ3) is 4.69. The molecule has 24 heavy (non-hydrogen) atoms. The topological polar surface area (TPSA) is 63.2 Å². The molecule has 0 aliphatic carbocycles. The van der Waals surface area contributed by atoms with Crippen LogP contribution in [0.25, 0.3) is 0 Å². The van der Waals surface area contributed by atoms with Crippen molar-refractivity contribution in [2.75, 3.05) is 18.5 Å².